The Morgan fingerprint density at radius 3 is 2.43 bits per heavy atom. The summed E-state index contributed by atoms with van der Waals surface area (Å²) in [6.07, 6.45) is 0.893. The molecule has 3 aromatic rings. The lowest BCUT2D eigenvalue weighted by Gasteiger charge is -2.16. The number of hydrogen-bond donors (Lipinski definition) is 1. The highest BCUT2D eigenvalue weighted by Gasteiger charge is 2.21. The van der Waals surface area contributed by atoms with E-state index in [1.54, 1.807) is 0 Å². The van der Waals surface area contributed by atoms with Crippen LogP contribution in [-0.2, 0) is 0 Å². The molecule has 0 radical (unpaired) electrons. The number of nitrogens with one attached hydrogen (secondary N) is 1. The number of hydrogen-bond acceptors (Lipinski definition) is 2. The standard InChI is InChI=1S/C24H28N2O2/c1-5-17(3)25-24(27)20-16-22(19-12-8-7-9-13-19)26(18(20)4)21-14-10-11-15-23(21)28-6-2/h7-17H,5-6H2,1-4H3,(H,25,27)/t17-/m1/s1. The molecule has 0 aliphatic carbocycles. The van der Waals surface area contributed by atoms with Crippen LogP contribution >= 0.6 is 0 Å². The van der Waals surface area contributed by atoms with Crippen molar-refractivity contribution in [3.63, 3.8) is 0 Å². The third kappa shape index (κ3) is 3.96. The highest BCUT2D eigenvalue weighted by atomic mass is 16.5. The van der Waals surface area contributed by atoms with Crippen LogP contribution in [0.3, 0.4) is 0 Å². The number of benzene rings is 2. The average molecular weight is 377 g/mol. The van der Waals surface area contributed by atoms with Crippen molar-refractivity contribution >= 4 is 5.91 Å². The molecule has 0 aliphatic heterocycles. The lowest BCUT2D eigenvalue weighted by atomic mass is 10.1. The van der Waals surface area contributed by atoms with Gasteiger partial charge < -0.3 is 14.6 Å². The lowest BCUT2D eigenvalue weighted by molar-refractivity contribution is 0.0938. The van der Waals surface area contributed by atoms with Crippen LogP contribution in [0.4, 0.5) is 0 Å². The minimum absolute atomic E-state index is 0.0447. The lowest BCUT2D eigenvalue weighted by Crippen LogP contribution is -2.32. The molecule has 0 aliphatic rings. The molecule has 1 amide bonds. The minimum atomic E-state index is -0.0447. The first kappa shape index (κ1) is 19.7. The molecule has 0 spiro atoms. The van der Waals surface area contributed by atoms with Crippen LogP contribution in [0, 0.1) is 6.92 Å². The Bertz CT molecular complexity index is 944. The van der Waals surface area contributed by atoms with E-state index < -0.39 is 0 Å². The molecule has 3 rings (SSSR count). The van der Waals surface area contributed by atoms with Gasteiger partial charge in [-0.15, -0.1) is 0 Å². The molecule has 1 atom stereocenters. The van der Waals surface area contributed by atoms with Crippen molar-refractivity contribution < 1.29 is 9.53 Å². The third-order valence-electron chi connectivity index (χ3n) is 4.96. The summed E-state index contributed by atoms with van der Waals surface area (Å²) in [6, 6.07) is 20.2. The van der Waals surface area contributed by atoms with Gasteiger partial charge in [-0.2, -0.15) is 0 Å². The predicted octanol–water partition coefficient (Wildman–Crippen LogP) is 5.38. The number of ether oxygens (including phenoxy) is 1. The maximum atomic E-state index is 12.9. The fourth-order valence-corrected chi connectivity index (χ4v) is 3.29. The van der Waals surface area contributed by atoms with Gasteiger partial charge in [0.05, 0.1) is 23.6 Å². The first-order chi connectivity index (χ1) is 13.6. The Balaban J connectivity index is 2.19. The van der Waals surface area contributed by atoms with Gasteiger partial charge in [-0.05, 0) is 51.0 Å². The SMILES string of the molecule is CCOc1ccccc1-n1c(-c2ccccc2)cc(C(=O)N[C@H](C)CC)c1C. The summed E-state index contributed by atoms with van der Waals surface area (Å²) < 4.78 is 7.98. The van der Waals surface area contributed by atoms with Gasteiger partial charge in [-0.1, -0.05) is 49.4 Å². The second kappa shape index (κ2) is 8.79. The summed E-state index contributed by atoms with van der Waals surface area (Å²) >= 11 is 0. The van der Waals surface area contributed by atoms with Crippen molar-refractivity contribution in [1.29, 1.82) is 0 Å². The third-order valence-corrected chi connectivity index (χ3v) is 4.96. The Morgan fingerprint density at radius 1 is 1.07 bits per heavy atom. The van der Waals surface area contributed by atoms with E-state index in [2.05, 4.69) is 28.9 Å². The van der Waals surface area contributed by atoms with E-state index in [0.717, 1.165) is 34.8 Å². The monoisotopic (exact) mass is 376 g/mol. The molecule has 0 saturated heterocycles. The quantitative estimate of drug-likeness (QED) is 0.601. The van der Waals surface area contributed by atoms with Gasteiger partial charge in [0, 0.05) is 11.7 Å². The van der Waals surface area contributed by atoms with E-state index in [-0.39, 0.29) is 11.9 Å². The number of aromatic nitrogens is 1. The fraction of sp³-hybridized carbons (Fsp3) is 0.292. The second-order valence-electron chi connectivity index (χ2n) is 6.91. The van der Waals surface area contributed by atoms with Gasteiger partial charge in [-0.25, -0.2) is 0 Å². The number of carbonyl (C=O) groups excluding carboxylic acids is 1. The molecule has 4 heteroatoms. The normalized spacial score (nSPS) is 11.9. The molecule has 0 bridgehead atoms. The number of carbonyl (C=O) groups is 1. The van der Waals surface area contributed by atoms with Gasteiger partial charge in [0.25, 0.3) is 5.91 Å². The molecular formula is C24H28N2O2. The van der Waals surface area contributed by atoms with Crippen molar-refractivity contribution in [2.24, 2.45) is 0 Å². The van der Waals surface area contributed by atoms with Crippen LogP contribution in [-0.4, -0.2) is 23.1 Å². The number of para-hydroxylation sites is 2. The van der Waals surface area contributed by atoms with Crippen LogP contribution < -0.4 is 10.1 Å². The summed E-state index contributed by atoms with van der Waals surface area (Å²) in [5.74, 6) is 0.756. The zero-order chi connectivity index (χ0) is 20.1. The Kier molecular flexibility index (Phi) is 6.19. The summed E-state index contributed by atoms with van der Waals surface area (Å²) in [4.78, 5) is 12.9. The summed E-state index contributed by atoms with van der Waals surface area (Å²) in [7, 11) is 0. The molecular weight excluding hydrogens is 348 g/mol. The number of nitrogens with zero attached hydrogens (tertiary/aromatic N) is 1. The zero-order valence-electron chi connectivity index (χ0n) is 17.0. The molecule has 0 unspecified atom stereocenters. The van der Waals surface area contributed by atoms with Gasteiger partial charge in [-0.3, -0.25) is 4.79 Å². The Hall–Kier alpha value is -3.01. The molecule has 28 heavy (non-hydrogen) atoms. The largest absolute Gasteiger partial charge is 0.492 e. The smallest absolute Gasteiger partial charge is 0.253 e. The average Bonchev–Trinajstić information content (AvgIpc) is 3.06. The van der Waals surface area contributed by atoms with Crippen LogP contribution in [0.15, 0.2) is 60.7 Å². The second-order valence-corrected chi connectivity index (χ2v) is 6.91. The van der Waals surface area contributed by atoms with Crippen molar-refractivity contribution in [2.75, 3.05) is 6.61 Å². The zero-order valence-corrected chi connectivity index (χ0v) is 17.0. The Labute approximate surface area is 167 Å². The number of amides is 1. The molecule has 1 heterocycles. The molecule has 1 aromatic heterocycles. The fourth-order valence-electron chi connectivity index (χ4n) is 3.29. The highest BCUT2D eigenvalue weighted by molar-refractivity contribution is 5.97. The van der Waals surface area contributed by atoms with Crippen molar-refractivity contribution in [1.82, 2.24) is 9.88 Å². The van der Waals surface area contributed by atoms with E-state index in [0.29, 0.717) is 12.2 Å². The van der Waals surface area contributed by atoms with Crippen molar-refractivity contribution in [2.45, 2.75) is 40.2 Å². The molecule has 1 N–H and O–H groups in total. The van der Waals surface area contributed by atoms with Crippen LogP contribution in [0.1, 0.15) is 43.2 Å². The molecule has 4 nitrogen and oxygen atoms in total. The maximum Gasteiger partial charge on any atom is 0.253 e. The van der Waals surface area contributed by atoms with Gasteiger partial charge >= 0.3 is 0 Å². The summed E-state index contributed by atoms with van der Waals surface area (Å²) in [5, 5.41) is 3.09. The number of rotatable bonds is 7. The van der Waals surface area contributed by atoms with Gasteiger partial charge in [0.2, 0.25) is 0 Å². The maximum absolute atomic E-state index is 12.9. The molecule has 0 saturated carbocycles. The summed E-state index contributed by atoms with van der Waals surface area (Å²) in [6.45, 7) is 8.63. The van der Waals surface area contributed by atoms with E-state index in [1.165, 1.54) is 0 Å². The Morgan fingerprint density at radius 2 is 1.75 bits per heavy atom. The van der Waals surface area contributed by atoms with E-state index in [1.807, 2.05) is 69.3 Å². The first-order valence-corrected chi connectivity index (χ1v) is 9.87. The van der Waals surface area contributed by atoms with Crippen LogP contribution in [0.25, 0.3) is 16.9 Å². The summed E-state index contributed by atoms with van der Waals surface area (Å²) in [5.41, 5.74) is 4.54. The van der Waals surface area contributed by atoms with Crippen molar-refractivity contribution in [3.8, 4) is 22.7 Å². The highest BCUT2D eigenvalue weighted by Crippen LogP contribution is 2.33. The topological polar surface area (TPSA) is 43.3 Å². The molecule has 0 fully saturated rings. The molecule has 2 aromatic carbocycles. The van der Waals surface area contributed by atoms with E-state index in [4.69, 9.17) is 4.74 Å². The van der Waals surface area contributed by atoms with E-state index >= 15 is 0 Å². The van der Waals surface area contributed by atoms with Crippen molar-refractivity contribution in [3.05, 3.63) is 71.9 Å². The van der Waals surface area contributed by atoms with E-state index in [9.17, 15) is 4.79 Å². The van der Waals surface area contributed by atoms with Gasteiger partial charge in [0.15, 0.2) is 0 Å². The molecule has 146 valence electrons. The predicted molar refractivity (Wildman–Crippen MR) is 114 cm³/mol. The first-order valence-electron chi connectivity index (χ1n) is 9.87. The van der Waals surface area contributed by atoms with Crippen LogP contribution in [0.5, 0.6) is 5.75 Å². The van der Waals surface area contributed by atoms with Gasteiger partial charge in [0.1, 0.15) is 5.75 Å². The van der Waals surface area contributed by atoms with Crippen LogP contribution in [0.2, 0.25) is 0 Å². The minimum Gasteiger partial charge on any atom is -0.492 e.